The Morgan fingerprint density at radius 3 is 2.44 bits per heavy atom. The summed E-state index contributed by atoms with van der Waals surface area (Å²) in [5.41, 5.74) is -1.99. The second-order valence-electron chi connectivity index (χ2n) is 11.1. The number of phenolic OH excluding ortho intramolecular Hbond substituents is 1. The number of piperazine rings is 1. The number of hydrogen-bond donors (Lipinski definition) is 2. The van der Waals surface area contributed by atoms with Crippen molar-refractivity contribution in [2.75, 3.05) is 37.7 Å². The van der Waals surface area contributed by atoms with E-state index in [1.54, 1.807) is 0 Å². The molecule has 0 radical (unpaired) electrons. The average molecular weight is 545 g/mol. The van der Waals surface area contributed by atoms with Gasteiger partial charge in [0.25, 0.3) is 0 Å². The molecule has 12 heteroatoms. The number of fused-ring (bicyclic) bond motifs is 4. The monoisotopic (exact) mass is 544 g/mol. The van der Waals surface area contributed by atoms with Crippen molar-refractivity contribution < 1.29 is 27.4 Å². The molecule has 3 aromatic rings. The maximum Gasteiger partial charge on any atom is 0.319 e. The minimum absolute atomic E-state index is 0.0181. The van der Waals surface area contributed by atoms with Crippen LogP contribution in [-0.2, 0) is 0 Å². The first-order valence-electron chi connectivity index (χ1n) is 13.4. The van der Waals surface area contributed by atoms with Gasteiger partial charge in [-0.05, 0) is 51.6 Å². The van der Waals surface area contributed by atoms with E-state index in [-0.39, 0.29) is 34.5 Å². The van der Waals surface area contributed by atoms with Gasteiger partial charge in [0.2, 0.25) is 0 Å². The van der Waals surface area contributed by atoms with Crippen molar-refractivity contribution in [1.29, 1.82) is 0 Å². The number of anilines is 1. The van der Waals surface area contributed by atoms with Gasteiger partial charge in [-0.15, -0.1) is 0 Å². The summed E-state index contributed by atoms with van der Waals surface area (Å²) in [6.07, 6.45) is 7.49. The van der Waals surface area contributed by atoms with E-state index in [0.29, 0.717) is 31.6 Å². The number of pyridine rings is 1. The normalized spacial score (nSPS) is 24.1. The molecule has 4 aliphatic heterocycles. The fourth-order valence-electron chi connectivity index (χ4n) is 6.93. The lowest BCUT2D eigenvalue weighted by atomic mass is 9.95. The Balaban J connectivity index is 1.34. The van der Waals surface area contributed by atoms with Gasteiger partial charge in [0.05, 0.1) is 16.5 Å². The van der Waals surface area contributed by atoms with Gasteiger partial charge in [-0.25, -0.2) is 17.6 Å². The van der Waals surface area contributed by atoms with Crippen molar-refractivity contribution in [1.82, 2.24) is 25.2 Å². The summed E-state index contributed by atoms with van der Waals surface area (Å²) in [6.45, 7) is 3.69. The Morgan fingerprint density at radius 2 is 1.72 bits per heavy atom. The predicted molar refractivity (Wildman–Crippen MR) is 135 cm³/mol. The summed E-state index contributed by atoms with van der Waals surface area (Å²) in [6, 6.07) is 0.814. The molecule has 6 heterocycles. The molecular weight excluding hydrogens is 516 g/mol. The van der Waals surface area contributed by atoms with Crippen LogP contribution >= 0.6 is 0 Å². The number of aromatic nitrogens is 3. The largest absolute Gasteiger partial charge is 0.503 e. The number of aromatic hydroxyl groups is 1. The zero-order valence-corrected chi connectivity index (χ0v) is 21.2. The summed E-state index contributed by atoms with van der Waals surface area (Å²) in [5.74, 6) is -6.58. The van der Waals surface area contributed by atoms with Crippen LogP contribution in [0.4, 0.5) is 23.4 Å². The van der Waals surface area contributed by atoms with E-state index >= 15 is 4.39 Å². The highest BCUT2D eigenvalue weighted by Gasteiger charge is 2.45. The van der Waals surface area contributed by atoms with Gasteiger partial charge in [0, 0.05) is 37.4 Å². The molecule has 206 valence electrons. The summed E-state index contributed by atoms with van der Waals surface area (Å²) in [5, 5.41) is 13.5. The van der Waals surface area contributed by atoms with Crippen LogP contribution < -0.4 is 15.0 Å². The van der Waals surface area contributed by atoms with Crippen molar-refractivity contribution in [3.8, 4) is 23.0 Å². The molecular formula is C27H28F4N6O2. The lowest BCUT2D eigenvalue weighted by Crippen LogP contribution is -2.51. The molecule has 4 aliphatic rings. The second-order valence-corrected chi connectivity index (χ2v) is 11.1. The molecule has 0 amide bonds. The standard InChI is InChI=1S/C27H28F4N6O2/c28-17-9-18(29)24(38)20(30)19(17)23-21(31)22-16(10-32-23)25(36-11-14-3-4-15(12-36)33-14)35-26(34-22)39-13-27-5-1-7-37(27)8-2-6-27/h9-10,14-15,33,38H,1-8,11-13H2. The SMILES string of the molecule is Oc1c(F)cc(F)c(-c2ncc3c(N4CC5CCC(C4)N5)nc(OCC45CCCN4CCC5)nc3c2F)c1F. The zero-order valence-electron chi connectivity index (χ0n) is 21.2. The molecule has 7 rings (SSSR count). The van der Waals surface area contributed by atoms with Gasteiger partial charge < -0.3 is 20.1 Å². The van der Waals surface area contributed by atoms with Gasteiger partial charge in [-0.3, -0.25) is 9.88 Å². The highest BCUT2D eigenvalue weighted by atomic mass is 19.1. The lowest BCUT2D eigenvalue weighted by molar-refractivity contribution is 0.108. The average Bonchev–Trinajstić information content (AvgIpc) is 3.60. The van der Waals surface area contributed by atoms with E-state index < -0.39 is 40.3 Å². The number of rotatable bonds is 5. The number of benzene rings is 1. The minimum atomic E-state index is -1.63. The van der Waals surface area contributed by atoms with Gasteiger partial charge in [-0.2, -0.15) is 9.97 Å². The molecule has 2 aromatic heterocycles. The number of ether oxygens (including phenoxy) is 1. The summed E-state index contributed by atoms with van der Waals surface area (Å²) in [4.78, 5) is 17.5. The van der Waals surface area contributed by atoms with Crippen molar-refractivity contribution in [3.05, 3.63) is 35.5 Å². The molecule has 2 atom stereocenters. The van der Waals surface area contributed by atoms with Crippen LogP contribution in [-0.4, -0.2) is 75.4 Å². The van der Waals surface area contributed by atoms with Gasteiger partial charge in [0.15, 0.2) is 23.2 Å². The lowest BCUT2D eigenvalue weighted by Gasteiger charge is -2.34. The Labute approximate surface area is 222 Å². The fourth-order valence-corrected chi connectivity index (χ4v) is 6.93. The third kappa shape index (κ3) is 3.98. The van der Waals surface area contributed by atoms with Crippen LogP contribution in [0.3, 0.4) is 0 Å². The van der Waals surface area contributed by atoms with E-state index in [1.807, 2.05) is 0 Å². The third-order valence-corrected chi connectivity index (χ3v) is 8.82. The second kappa shape index (κ2) is 9.16. The number of nitrogens with zero attached hydrogens (tertiary/aromatic N) is 5. The third-order valence-electron chi connectivity index (χ3n) is 8.82. The van der Waals surface area contributed by atoms with E-state index in [4.69, 9.17) is 9.72 Å². The molecule has 0 aliphatic carbocycles. The van der Waals surface area contributed by atoms with Crippen LogP contribution in [0.5, 0.6) is 11.8 Å². The predicted octanol–water partition coefficient (Wildman–Crippen LogP) is 3.90. The molecule has 0 spiro atoms. The van der Waals surface area contributed by atoms with E-state index in [0.717, 1.165) is 51.6 Å². The molecule has 8 nitrogen and oxygen atoms in total. The molecule has 4 fully saturated rings. The topological polar surface area (TPSA) is 86.6 Å². The Morgan fingerprint density at radius 1 is 1.00 bits per heavy atom. The van der Waals surface area contributed by atoms with Crippen molar-refractivity contribution in [2.45, 2.75) is 56.1 Å². The Hall–Kier alpha value is -3.25. The zero-order chi connectivity index (χ0) is 26.9. The smallest absolute Gasteiger partial charge is 0.319 e. The fraction of sp³-hybridized carbons (Fsp3) is 0.519. The summed E-state index contributed by atoms with van der Waals surface area (Å²) >= 11 is 0. The number of phenols is 1. The maximum absolute atomic E-state index is 16.0. The molecule has 0 saturated carbocycles. The first-order valence-corrected chi connectivity index (χ1v) is 13.4. The summed E-state index contributed by atoms with van der Waals surface area (Å²) in [7, 11) is 0. The van der Waals surface area contributed by atoms with Crippen LogP contribution in [0, 0.1) is 23.3 Å². The number of hydrogen-bond acceptors (Lipinski definition) is 8. The van der Waals surface area contributed by atoms with Crippen LogP contribution in [0.15, 0.2) is 12.3 Å². The van der Waals surface area contributed by atoms with Gasteiger partial charge in [-0.1, -0.05) is 0 Å². The highest BCUT2D eigenvalue weighted by Crippen LogP contribution is 2.40. The molecule has 39 heavy (non-hydrogen) atoms. The van der Waals surface area contributed by atoms with Gasteiger partial charge in [0.1, 0.15) is 29.5 Å². The first kappa shape index (κ1) is 24.8. The van der Waals surface area contributed by atoms with Gasteiger partial charge >= 0.3 is 6.01 Å². The first-order chi connectivity index (χ1) is 18.8. The molecule has 2 N–H and O–H groups in total. The van der Waals surface area contributed by atoms with Crippen molar-refractivity contribution >= 4 is 16.7 Å². The Kier molecular flexibility index (Phi) is 5.81. The van der Waals surface area contributed by atoms with Crippen LogP contribution in [0.25, 0.3) is 22.2 Å². The van der Waals surface area contributed by atoms with E-state index in [2.05, 4.69) is 25.1 Å². The van der Waals surface area contributed by atoms with E-state index in [1.165, 1.54) is 6.20 Å². The Bertz CT molecular complexity index is 1450. The quantitative estimate of drug-likeness (QED) is 0.468. The maximum atomic E-state index is 16.0. The molecule has 2 bridgehead atoms. The van der Waals surface area contributed by atoms with Crippen molar-refractivity contribution in [3.63, 3.8) is 0 Å². The molecule has 4 saturated heterocycles. The molecule has 1 aromatic carbocycles. The number of nitrogens with one attached hydrogen (secondary N) is 1. The summed E-state index contributed by atoms with van der Waals surface area (Å²) < 4.78 is 65.3. The van der Waals surface area contributed by atoms with Crippen LogP contribution in [0.1, 0.15) is 38.5 Å². The van der Waals surface area contributed by atoms with E-state index in [9.17, 15) is 18.3 Å². The van der Waals surface area contributed by atoms with Crippen molar-refractivity contribution in [2.24, 2.45) is 0 Å². The number of halogens is 4. The molecule has 2 unspecified atom stereocenters. The minimum Gasteiger partial charge on any atom is -0.503 e. The van der Waals surface area contributed by atoms with Crippen LogP contribution in [0.2, 0.25) is 0 Å². The highest BCUT2D eigenvalue weighted by molar-refractivity contribution is 5.92.